The molecule has 1 aromatic heterocycles. The second-order valence-corrected chi connectivity index (χ2v) is 8.18. The minimum Gasteiger partial charge on any atom is -0.457 e. The lowest BCUT2D eigenvalue weighted by Crippen LogP contribution is -2.36. The van der Waals surface area contributed by atoms with Gasteiger partial charge in [-0.3, -0.25) is 9.69 Å². The van der Waals surface area contributed by atoms with Crippen LogP contribution in [-0.4, -0.2) is 43.0 Å². The van der Waals surface area contributed by atoms with Gasteiger partial charge >= 0.3 is 0 Å². The molecule has 4 rings (SSSR count). The van der Waals surface area contributed by atoms with Gasteiger partial charge in [0.25, 0.3) is 5.91 Å². The van der Waals surface area contributed by atoms with E-state index in [0.717, 1.165) is 22.5 Å². The van der Waals surface area contributed by atoms with Crippen LogP contribution in [0.3, 0.4) is 0 Å². The number of rotatable bonds is 7. The molecule has 0 spiro atoms. The predicted molar refractivity (Wildman–Crippen MR) is 130 cm³/mol. The summed E-state index contributed by atoms with van der Waals surface area (Å²) in [5.41, 5.74) is 1.47. The zero-order valence-electron chi connectivity index (χ0n) is 17.4. The molecule has 3 aromatic carbocycles. The molecule has 0 aliphatic heterocycles. The largest absolute Gasteiger partial charge is 0.457 e. The predicted octanol–water partition coefficient (Wildman–Crippen LogP) is 5.72. The topological polar surface area (TPSA) is 45.7 Å². The normalized spacial score (nSPS) is 10.7. The molecule has 5 nitrogen and oxygen atoms in total. The van der Waals surface area contributed by atoms with Crippen molar-refractivity contribution in [1.29, 1.82) is 0 Å². The molecule has 31 heavy (non-hydrogen) atoms. The molecule has 0 aliphatic rings. The quantitative estimate of drug-likeness (QED) is 0.359. The van der Waals surface area contributed by atoms with Crippen molar-refractivity contribution in [3.63, 3.8) is 0 Å². The molecule has 0 atom stereocenters. The zero-order valence-corrected chi connectivity index (χ0v) is 19.0. The molecule has 0 fully saturated rings. The average Bonchev–Trinajstić information content (AvgIpc) is 3.18. The van der Waals surface area contributed by atoms with E-state index in [1.807, 2.05) is 86.9 Å². The molecule has 160 valence electrons. The molecule has 0 N–H and O–H groups in total. The molecule has 7 heteroatoms. The summed E-state index contributed by atoms with van der Waals surface area (Å²) in [5, 5.41) is 0.706. The van der Waals surface area contributed by atoms with Gasteiger partial charge < -0.3 is 9.64 Å². The van der Waals surface area contributed by atoms with Gasteiger partial charge in [0.1, 0.15) is 11.5 Å². The maximum absolute atomic E-state index is 13.5. The highest BCUT2D eigenvalue weighted by Gasteiger charge is 2.22. The van der Waals surface area contributed by atoms with Crippen LogP contribution < -0.4 is 9.64 Å². The van der Waals surface area contributed by atoms with E-state index in [9.17, 15) is 4.79 Å². The Kier molecular flexibility index (Phi) is 7.63. The van der Waals surface area contributed by atoms with E-state index in [4.69, 9.17) is 9.72 Å². The highest BCUT2D eigenvalue weighted by Crippen LogP contribution is 2.30. The Morgan fingerprint density at radius 3 is 2.35 bits per heavy atom. The summed E-state index contributed by atoms with van der Waals surface area (Å²) in [6, 6.07) is 24.8. The minimum atomic E-state index is -0.0885. The molecule has 1 heterocycles. The standard InChI is InChI=1S/C24H23N3O2S.ClH/c1-26(2)15-16-27(24-25-21-13-6-7-14-22(21)30-24)23(28)18-9-8-12-20(17-18)29-19-10-4-3-5-11-19;/h3-14,17H,15-16H2,1-2H3;1H. The summed E-state index contributed by atoms with van der Waals surface area (Å²) >= 11 is 1.53. The summed E-state index contributed by atoms with van der Waals surface area (Å²) < 4.78 is 6.97. The molecule has 1 amide bonds. The van der Waals surface area contributed by atoms with E-state index in [1.54, 1.807) is 11.0 Å². The fourth-order valence-electron chi connectivity index (χ4n) is 3.03. The van der Waals surface area contributed by atoms with Gasteiger partial charge in [-0.25, -0.2) is 4.98 Å². The van der Waals surface area contributed by atoms with Gasteiger partial charge in [0.2, 0.25) is 0 Å². The highest BCUT2D eigenvalue weighted by molar-refractivity contribution is 7.22. The summed E-state index contributed by atoms with van der Waals surface area (Å²) in [6.45, 7) is 1.29. The van der Waals surface area contributed by atoms with Crippen LogP contribution >= 0.6 is 23.7 Å². The van der Waals surface area contributed by atoms with E-state index >= 15 is 0 Å². The van der Waals surface area contributed by atoms with Crippen molar-refractivity contribution in [3.05, 3.63) is 84.4 Å². The lowest BCUT2D eigenvalue weighted by Gasteiger charge is -2.22. The number of carbonyl (C=O) groups is 1. The van der Waals surface area contributed by atoms with Crippen molar-refractivity contribution in [1.82, 2.24) is 9.88 Å². The number of aromatic nitrogens is 1. The Morgan fingerprint density at radius 2 is 1.61 bits per heavy atom. The van der Waals surface area contributed by atoms with Crippen LogP contribution in [0, 0.1) is 0 Å². The molecular formula is C24H24ClN3O2S. The van der Waals surface area contributed by atoms with Crippen LogP contribution in [0.25, 0.3) is 10.2 Å². The Balaban J connectivity index is 0.00000272. The van der Waals surface area contributed by atoms with Gasteiger partial charge in [-0.1, -0.05) is 47.7 Å². The number of fused-ring (bicyclic) bond motifs is 1. The number of carbonyl (C=O) groups excluding carboxylic acids is 1. The van der Waals surface area contributed by atoms with Crippen molar-refractivity contribution in [2.75, 3.05) is 32.1 Å². The smallest absolute Gasteiger partial charge is 0.260 e. The first-order chi connectivity index (χ1) is 14.6. The van der Waals surface area contributed by atoms with Crippen molar-refractivity contribution in [3.8, 4) is 11.5 Å². The Hall–Kier alpha value is -2.93. The van der Waals surface area contributed by atoms with Crippen LogP contribution in [-0.2, 0) is 0 Å². The van der Waals surface area contributed by atoms with Gasteiger partial charge in [0.15, 0.2) is 5.13 Å². The second-order valence-electron chi connectivity index (χ2n) is 7.17. The molecule has 0 radical (unpaired) electrons. The average molecular weight is 454 g/mol. The first-order valence-corrected chi connectivity index (χ1v) is 10.6. The number of halogens is 1. The third-order valence-corrected chi connectivity index (χ3v) is 5.65. The van der Waals surface area contributed by atoms with E-state index in [1.165, 1.54) is 11.3 Å². The van der Waals surface area contributed by atoms with Crippen LogP contribution in [0.1, 0.15) is 10.4 Å². The Bertz CT molecular complexity index is 1110. The molecular weight excluding hydrogens is 430 g/mol. The van der Waals surface area contributed by atoms with Gasteiger partial charge in [-0.05, 0) is 56.6 Å². The van der Waals surface area contributed by atoms with Gasteiger partial charge in [0.05, 0.1) is 10.2 Å². The summed E-state index contributed by atoms with van der Waals surface area (Å²) in [6.07, 6.45) is 0. The molecule has 4 aromatic rings. The number of hydrogen-bond donors (Lipinski definition) is 0. The zero-order chi connectivity index (χ0) is 20.9. The Morgan fingerprint density at radius 1 is 0.903 bits per heavy atom. The van der Waals surface area contributed by atoms with Gasteiger partial charge in [-0.2, -0.15) is 0 Å². The molecule has 0 saturated heterocycles. The van der Waals surface area contributed by atoms with Crippen LogP contribution in [0.4, 0.5) is 5.13 Å². The van der Waals surface area contributed by atoms with Crippen molar-refractivity contribution in [2.24, 2.45) is 0 Å². The fraction of sp³-hybridized carbons (Fsp3) is 0.167. The van der Waals surface area contributed by atoms with E-state index in [0.29, 0.717) is 23.0 Å². The van der Waals surface area contributed by atoms with Crippen molar-refractivity contribution in [2.45, 2.75) is 0 Å². The van der Waals surface area contributed by atoms with Crippen LogP contribution in [0.5, 0.6) is 11.5 Å². The SMILES string of the molecule is CN(C)CCN(C(=O)c1cccc(Oc2ccccc2)c1)c1nc2ccccc2s1.Cl. The fourth-order valence-corrected chi connectivity index (χ4v) is 4.02. The number of anilines is 1. The van der Waals surface area contributed by atoms with Crippen molar-refractivity contribution < 1.29 is 9.53 Å². The van der Waals surface area contributed by atoms with E-state index in [2.05, 4.69) is 4.90 Å². The number of hydrogen-bond acceptors (Lipinski definition) is 5. The lowest BCUT2D eigenvalue weighted by atomic mass is 10.2. The van der Waals surface area contributed by atoms with E-state index < -0.39 is 0 Å². The molecule has 0 unspecified atom stereocenters. The lowest BCUT2D eigenvalue weighted by molar-refractivity contribution is 0.0985. The third-order valence-electron chi connectivity index (χ3n) is 4.59. The second kappa shape index (κ2) is 10.4. The summed E-state index contributed by atoms with van der Waals surface area (Å²) in [4.78, 5) is 22.0. The molecule has 0 saturated carbocycles. The summed E-state index contributed by atoms with van der Waals surface area (Å²) in [7, 11) is 3.99. The number of ether oxygens (including phenoxy) is 1. The number of amides is 1. The Labute approximate surface area is 192 Å². The van der Waals surface area contributed by atoms with Crippen LogP contribution in [0.2, 0.25) is 0 Å². The third kappa shape index (κ3) is 5.61. The highest BCUT2D eigenvalue weighted by atomic mass is 35.5. The van der Waals surface area contributed by atoms with Gasteiger partial charge in [-0.15, -0.1) is 12.4 Å². The maximum atomic E-state index is 13.5. The van der Waals surface area contributed by atoms with E-state index in [-0.39, 0.29) is 18.3 Å². The first-order valence-electron chi connectivity index (χ1n) is 9.75. The maximum Gasteiger partial charge on any atom is 0.260 e. The molecule has 0 aliphatic carbocycles. The summed E-state index contributed by atoms with van der Waals surface area (Å²) in [5.74, 6) is 1.27. The minimum absolute atomic E-state index is 0. The number of benzene rings is 3. The van der Waals surface area contributed by atoms with Crippen molar-refractivity contribution >= 4 is 45.0 Å². The number of para-hydroxylation sites is 2. The number of thiazole rings is 1. The van der Waals surface area contributed by atoms with Gasteiger partial charge in [0, 0.05) is 18.7 Å². The van der Waals surface area contributed by atoms with Crippen LogP contribution in [0.15, 0.2) is 78.9 Å². The first kappa shape index (κ1) is 22.7. The monoisotopic (exact) mass is 453 g/mol. The number of nitrogens with zero attached hydrogens (tertiary/aromatic N) is 3. The molecule has 0 bridgehead atoms. The number of likely N-dealkylation sites (N-methyl/N-ethyl adjacent to an activating group) is 1.